The number of rotatable bonds is 0. The quantitative estimate of drug-likeness (QED) is 0.617. The Kier molecular flexibility index (Phi) is 4.00. The van der Waals surface area contributed by atoms with Gasteiger partial charge in [0, 0.05) is 0 Å². The molecule has 1 N–H and O–H groups in total. The molecule has 0 heterocycles. The monoisotopic (exact) mass is 376 g/mol. The molecule has 1 nitrogen and oxygen atoms in total. The van der Waals surface area contributed by atoms with Crippen molar-refractivity contribution in [3.63, 3.8) is 0 Å². The van der Waals surface area contributed by atoms with E-state index in [1.165, 1.54) is 0 Å². The molecule has 0 fully saturated rings. The Morgan fingerprint density at radius 1 is 1.60 bits per heavy atom. The molecule has 0 aliphatic heterocycles. The van der Waals surface area contributed by atoms with Gasteiger partial charge in [0.25, 0.3) is 0 Å². The summed E-state index contributed by atoms with van der Waals surface area (Å²) >= 11 is 4.47. The fraction of sp³-hybridized carbons (Fsp3) is 1.00. The molecule has 0 saturated carbocycles. The van der Waals surface area contributed by atoms with E-state index < -0.39 is -2.08 Å². The number of aliphatic hydroxyl groups is 1. The first-order valence-electron chi connectivity index (χ1n) is 1.01. The van der Waals surface area contributed by atoms with Crippen LogP contribution in [-0.4, -0.2) is 3.03 Å². The van der Waals surface area contributed by atoms with Crippen LogP contribution < -0.4 is 0 Å². The molecular weight excluding hydrogens is 375 g/mol. The van der Waals surface area contributed by atoms with Crippen molar-refractivity contribution in [1.82, 2.24) is 0 Å². The van der Waals surface area contributed by atoms with Gasteiger partial charge in [-0.3, -0.25) is 0 Å². The standard InChI is InChI=1S/C2H4O.2Er/c1-2-3;;/h3H,1H3;;. The van der Waals surface area contributed by atoms with Crippen molar-refractivity contribution in [2.24, 2.45) is 0 Å². The predicted molar refractivity (Wildman–Crippen MR) is 10.6 cm³/mol. The summed E-state index contributed by atoms with van der Waals surface area (Å²) in [6.07, 6.45) is 0. The van der Waals surface area contributed by atoms with Crippen molar-refractivity contribution in [2.75, 3.05) is 0 Å². The third kappa shape index (κ3) is 21.3. The van der Waals surface area contributed by atoms with Gasteiger partial charge in [0.2, 0.25) is 0 Å². The van der Waals surface area contributed by atoms with E-state index >= 15 is 0 Å². The average molecular weight is 379 g/mol. The second-order valence-corrected chi connectivity index (χ2v) is 5.61. The second kappa shape index (κ2) is 2.69. The molecule has 3 heteroatoms. The van der Waals surface area contributed by atoms with Crippen molar-refractivity contribution in [3.05, 3.63) is 0 Å². The first-order chi connectivity index (χ1) is 2.00. The minimum absolute atomic E-state index is 0.667. The summed E-state index contributed by atoms with van der Waals surface area (Å²) in [5, 5.41) is 8.45. The van der Waals surface area contributed by atoms with Crippen LogP contribution in [0.5, 0.6) is 0 Å². The molecule has 42 valence electrons. The second-order valence-electron chi connectivity index (χ2n) is 0.683. The van der Waals surface area contributed by atoms with Gasteiger partial charge in [-0.25, -0.2) is 0 Å². The summed E-state index contributed by atoms with van der Waals surface area (Å²) in [6, 6.07) is 0. The number of hydrogen-bond acceptors (Lipinski definition) is 1. The Hall–Kier alpha value is 2.45. The zero-order chi connectivity index (χ0) is 4.50. The third-order valence-corrected chi connectivity index (χ3v) is 0. The van der Waals surface area contributed by atoms with E-state index in [0.717, 1.165) is 0 Å². The van der Waals surface area contributed by atoms with Crippen LogP contribution in [0.15, 0.2) is 0 Å². The fourth-order valence-electron chi connectivity index (χ4n) is 0. The molecule has 0 aromatic carbocycles. The zero-order valence-corrected chi connectivity index (χ0v) is 6.23. The molecule has 0 saturated heterocycles. The van der Waals surface area contributed by atoms with E-state index in [9.17, 15) is 0 Å². The van der Waals surface area contributed by atoms with E-state index in [4.69, 9.17) is 5.11 Å². The maximum absolute atomic E-state index is 8.45. The predicted octanol–water partition coefficient (Wildman–Crippen LogP) is -0.249. The topological polar surface area (TPSA) is 20.2 Å². The Labute approximate surface area is 78.8 Å². The Balaban J connectivity index is 3.02. The average Bonchev–Trinajstić information content (AvgIpc) is 0.722. The van der Waals surface area contributed by atoms with Gasteiger partial charge < -0.3 is 0 Å². The van der Waals surface area contributed by atoms with Crippen molar-refractivity contribution >= 4 is 0 Å². The Morgan fingerprint density at radius 2 is 1.60 bits per heavy atom. The maximum atomic E-state index is 8.45. The van der Waals surface area contributed by atoms with E-state index in [0.29, 0.717) is 0 Å². The number of hydrogen-bond donors (Lipinski definition) is 1. The summed E-state index contributed by atoms with van der Waals surface area (Å²) in [5.41, 5.74) is 0. The van der Waals surface area contributed by atoms with E-state index in [-0.39, 0.29) is 0 Å². The van der Waals surface area contributed by atoms with Gasteiger partial charge in [0.1, 0.15) is 0 Å². The SMILES string of the molecule is C[C](O)([Er])[Er]. The summed E-state index contributed by atoms with van der Waals surface area (Å²) in [6.45, 7) is 1.67. The summed E-state index contributed by atoms with van der Waals surface area (Å²) in [7, 11) is 0. The molecule has 0 aliphatic rings. The van der Waals surface area contributed by atoms with Gasteiger partial charge in [-0.2, -0.15) is 0 Å². The van der Waals surface area contributed by atoms with Gasteiger partial charge in [0.05, 0.1) is 0 Å². The van der Waals surface area contributed by atoms with Crippen LogP contribution in [0.4, 0.5) is 0 Å². The first kappa shape index (κ1) is 7.45. The van der Waals surface area contributed by atoms with Gasteiger partial charge in [-0.1, -0.05) is 0 Å². The van der Waals surface area contributed by atoms with Crippen LogP contribution >= 0.6 is 0 Å². The van der Waals surface area contributed by atoms with Crippen molar-refractivity contribution in [3.8, 4) is 0 Å². The van der Waals surface area contributed by atoms with Crippen LogP contribution in [0.25, 0.3) is 0 Å². The van der Waals surface area contributed by atoms with Crippen LogP contribution in [-0.2, 0) is 0 Å². The van der Waals surface area contributed by atoms with Gasteiger partial charge in [-0.15, -0.1) is 0 Å². The molecule has 0 amide bonds. The van der Waals surface area contributed by atoms with Crippen molar-refractivity contribution in [1.29, 1.82) is 0 Å². The third-order valence-electron chi connectivity index (χ3n) is 0. The molecule has 0 aromatic heterocycles. The minimum atomic E-state index is -0.667. The van der Waals surface area contributed by atoms with Crippen molar-refractivity contribution in [2.45, 2.75) is 4.84 Å². The molecule has 0 bridgehead atoms. The molecule has 0 radical (unpaired) electrons. The summed E-state index contributed by atoms with van der Waals surface area (Å²) in [4.78, 5) is 0. The van der Waals surface area contributed by atoms with Gasteiger partial charge in [0.15, 0.2) is 0 Å². The molecule has 0 unspecified atom stereocenters. The Morgan fingerprint density at radius 3 is 1.60 bits per heavy atom. The van der Waals surface area contributed by atoms with E-state index in [1.54, 1.807) is 6.92 Å². The molecule has 0 aliphatic carbocycles. The van der Waals surface area contributed by atoms with Crippen molar-refractivity contribution < 1.29 is 75.9 Å². The van der Waals surface area contributed by atoms with Gasteiger partial charge in [-0.05, 0) is 0 Å². The molecule has 0 spiro atoms. The zero-order valence-electron chi connectivity index (χ0n) is 2.52. The van der Waals surface area contributed by atoms with Crippen LogP contribution in [0.1, 0.15) is 6.92 Å². The summed E-state index contributed by atoms with van der Waals surface area (Å²) in [5.74, 6) is 0. The summed E-state index contributed by atoms with van der Waals surface area (Å²) < 4.78 is -0.667. The van der Waals surface area contributed by atoms with Crippen LogP contribution in [0.3, 0.4) is 0 Å². The molecular formula is C2H4Er2O. The van der Waals surface area contributed by atoms with Crippen LogP contribution in [0, 0.1) is 70.7 Å². The molecule has 0 aromatic rings. The normalized spacial score (nSPS) is 12.4. The Bertz CT molecular complexity index is 23.1. The molecule has 0 rings (SSSR count). The molecule has 5 heavy (non-hydrogen) atoms. The molecule has 0 atom stereocenters. The fourth-order valence-corrected chi connectivity index (χ4v) is 0. The van der Waals surface area contributed by atoms with E-state index in [1.807, 2.05) is 0 Å². The van der Waals surface area contributed by atoms with E-state index in [2.05, 4.69) is 70.7 Å². The van der Waals surface area contributed by atoms with Crippen LogP contribution in [0.2, 0.25) is 0 Å². The first-order valence-corrected chi connectivity index (χ1v) is 2.86. The van der Waals surface area contributed by atoms with Gasteiger partial charge >= 0.3 is 80.7 Å².